The maximum atomic E-state index is 2.26. The Morgan fingerprint density at radius 2 is 1.58 bits per heavy atom. The molecule has 0 aliphatic heterocycles. The summed E-state index contributed by atoms with van der Waals surface area (Å²) in [5.74, 6) is 0. The van der Waals surface area contributed by atoms with Crippen molar-refractivity contribution < 1.29 is 0 Å². The fourth-order valence-corrected chi connectivity index (χ4v) is 1.27. The van der Waals surface area contributed by atoms with Crippen molar-refractivity contribution in [3.63, 3.8) is 0 Å². The Morgan fingerprint density at radius 3 is 2.25 bits per heavy atom. The quantitative estimate of drug-likeness (QED) is 0.466. The van der Waals surface area contributed by atoms with Crippen LogP contribution in [0.3, 0.4) is 0 Å². The van der Waals surface area contributed by atoms with Gasteiger partial charge in [-0.15, -0.1) is 0 Å². The fourth-order valence-electron chi connectivity index (χ4n) is 1.27. The van der Waals surface area contributed by atoms with Crippen LogP contribution in [-0.2, 0) is 0 Å². The number of rotatable bonds is 8. The van der Waals surface area contributed by atoms with Crippen LogP contribution in [-0.4, -0.2) is 0 Å². The van der Waals surface area contributed by atoms with Crippen molar-refractivity contribution >= 4 is 0 Å². The van der Waals surface area contributed by atoms with Gasteiger partial charge in [-0.05, 0) is 19.3 Å². The number of hydrogen-bond donors (Lipinski definition) is 0. The van der Waals surface area contributed by atoms with E-state index in [1.165, 1.54) is 44.9 Å². The zero-order valence-electron chi connectivity index (χ0n) is 8.68. The first-order chi connectivity index (χ1) is 5.91. The van der Waals surface area contributed by atoms with Crippen LogP contribution in [0.2, 0.25) is 0 Å². The molecule has 0 heterocycles. The van der Waals surface area contributed by atoms with E-state index < -0.39 is 0 Å². The summed E-state index contributed by atoms with van der Waals surface area (Å²) in [6.07, 6.45) is 16.2. The molecule has 0 atom stereocenters. The molecule has 0 aromatic heterocycles. The SMILES string of the molecule is C[CH]/C=C/CCCCCCCC. The lowest BCUT2D eigenvalue weighted by Gasteiger charge is -1.97. The molecule has 71 valence electrons. The van der Waals surface area contributed by atoms with Crippen LogP contribution in [0, 0.1) is 6.42 Å². The molecule has 0 heteroatoms. The van der Waals surface area contributed by atoms with Crippen molar-refractivity contribution in [2.24, 2.45) is 0 Å². The van der Waals surface area contributed by atoms with Crippen LogP contribution in [0.1, 0.15) is 58.8 Å². The molecular formula is C12H23. The second-order valence-corrected chi connectivity index (χ2v) is 3.32. The molecule has 0 spiro atoms. The second-order valence-electron chi connectivity index (χ2n) is 3.32. The van der Waals surface area contributed by atoms with E-state index in [1.807, 2.05) is 0 Å². The average Bonchev–Trinajstić information content (AvgIpc) is 2.10. The average molecular weight is 167 g/mol. The fraction of sp³-hybridized carbons (Fsp3) is 0.750. The van der Waals surface area contributed by atoms with Crippen LogP contribution in [0.5, 0.6) is 0 Å². The molecule has 0 amide bonds. The highest BCUT2D eigenvalue weighted by Gasteiger charge is 1.87. The summed E-state index contributed by atoms with van der Waals surface area (Å²) in [7, 11) is 0. The van der Waals surface area contributed by atoms with Crippen LogP contribution in [0.25, 0.3) is 0 Å². The van der Waals surface area contributed by atoms with Gasteiger partial charge in [0.1, 0.15) is 0 Å². The van der Waals surface area contributed by atoms with Crippen molar-refractivity contribution in [3.05, 3.63) is 18.6 Å². The summed E-state index contributed by atoms with van der Waals surface area (Å²) >= 11 is 0. The van der Waals surface area contributed by atoms with E-state index in [9.17, 15) is 0 Å². The lowest BCUT2D eigenvalue weighted by atomic mass is 10.1. The molecule has 0 N–H and O–H groups in total. The first kappa shape index (κ1) is 11.7. The van der Waals surface area contributed by atoms with Crippen molar-refractivity contribution in [1.82, 2.24) is 0 Å². The van der Waals surface area contributed by atoms with Gasteiger partial charge in [0, 0.05) is 0 Å². The minimum absolute atomic E-state index is 1.26. The predicted molar refractivity (Wildman–Crippen MR) is 57.1 cm³/mol. The zero-order valence-corrected chi connectivity index (χ0v) is 8.68. The lowest BCUT2D eigenvalue weighted by molar-refractivity contribution is 0.611. The zero-order chi connectivity index (χ0) is 9.07. The topological polar surface area (TPSA) is 0 Å². The van der Waals surface area contributed by atoms with Crippen molar-refractivity contribution in [2.45, 2.75) is 58.8 Å². The molecule has 0 saturated heterocycles. The first-order valence-electron chi connectivity index (χ1n) is 5.36. The Hall–Kier alpha value is -0.260. The second kappa shape index (κ2) is 10.7. The molecule has 0 saturated carbocycles. The molecule has 0 aromatic carbocycles. The standard InChI is InChI=1S/C12H23/c1-3-5-7-9-11-12-10-8-6-4-2/h3,5,7H,4,6,8-12H2,1-2H3/b7-5+. The highest BCUT2D eigenvalue weighted by atomic mass is 13.9. The van der Waals surface area contributed by atoms with E-state index in [-0.39, 0.29) is 0 Å². The molecule has 1 radical (unpaired) electrons. The van der Waals surface area contributed by atoms with Crippen molar-refractivity contribution in [1.29, 1.82) is 0 Å². The van der Waals surface area contributed by atoms with Crippen molar-refractivity contribution in [3.8, 4) is 0 Å². The smallest absolute Gasteiger partial charge is 0.0202 e. The molecule has 0 bridgehead atoms. The monoisotopic (exact) mass is 167 g/mol. The van der Waals surface area contributed by atoms with E-state index in [4.69, 9.17) is 0 Å². The van der Waals surface area contributed by atoms with Gasteiger partial charge in [-0.25, -0.2) is 0 Å². The molecule has 0 aromatic rings. The van der Waals surface area contributed by atoms with E-state index in [1.54, 1.807) is 0 Å². The third kappa shape index (κ3) is 9.74. The minimum atomic E-state index is 1.26. The Balaban J connectivity index is 2.86. The van der Waals surface area contributed by atoms with E-state index in [2.05, 4.69) is 32.4 Å². The summed E-state index contributed by atoms with van der Waals surface area (Å²) in [5, 5.41) is 0. The number of allylic oxidation sites excluding steroid dienone is 2. The molecule has 0 aliphatic carbocycles. The summed E-state index contributed by atoms with van der Waals surface area (Å²) in [6, 6.07) is 0. The van der Waals surface area contributed by atoms with Crippen LogP contribution >= 0.6 is 0 Å². The van der Waals surface area contributed by atoms with Gasteiger partial charge in [0.05, 0.1) is 0 Å². The highest BCUT2D eigenvalue weighted by molar-refractivity contribution is 4.91. The predicted octanol–water partition coefficient (Wildman–Crippen LogP) is 4.52. The lowest BCUT2D eigenvalue weighted by Crippen LogP contribution is -1.77. The molecule has 0 rings (SSSR count). The Morgan fingerprint density at radius 1 is 0.917 bits per heavy atom. The Labute approximate surface area is 78.1 Å². The highest BCUT2D eigenvalue weighted by Crippen LogP contribution is 2.06. The van der Waals surface area contributed by atoms with Gasteiger partial charge in [0.15, 0.2) is 0 Å². The largest absolute Gasteiger partial charge is 0.0882 e. The summed E-state index contributed by atoms with van der Waals surface area (Å²) in [6.45, 7) is 4.33. The molecule has 0 unspecified atom stereocenters. The van der Waals surface area contributed by atoms with Crippen molar-refractivity contribution in [2.75, 3.05) is 0 Å². The van der Waals surface area contributed by atoms with Gasteiger partial charge in [0.25, 0.3) is 0 Å². The van der Waals surface area contributed by atoms with Crippen LogP contribution in [0.15, 0.2) is 12.2 Å². The summed E-state index contributed by atoms with van der Waals surface area (Å²) in [5.41, 5.74) is 0. The Kier molecular flexibility index (Phi) is 10.5. The van der Waals surface area contributed by atoms with Gasteiger partial charge in [0.2, 0.25) is 0 Å². The Bertz CT molecular complexity index is 92.2. The summed E-state index contributed by atoms with van der Waals surface area (Å²) in [4.78, 5) is 0. The number of unbranched alkanes of at least 4 members (excludes halogenated alkanes) is 6. The van der Waals surface area contributed by atoms with Gasteiger partial charge in [-0.2, -0.15) is 0 Å². The van der Waals surface area contributed by atoms with E-state index in [0.717, 1.165) is 0 Å². The minimum Gasteiger partial charge on any atom is -0.0882 e. The van der Waals surface area contributed by atoms with Gasteiger partial charge < -0.3 is 0 Å². The van der Waals surface area contributed by atoms with Crippen LogP contribution < -0.4 is 0 Å². The van der Waals surface area contributed by atoms with E-state index >= 15 is 0 Å². The molecule has 0 nitrogen and oxygen atoms in total. The van der Waals surface area contributed by atoms with Gasteiger partial charge in [-0.1, -0.05) is 58.1 Å². The van der Waals surface area contributed by atoms with Gasteiger partial charge in [-0.3, -0.25) is 0 Å². The molecule has 12 heavy (non-hydrogen) atoms. The maximum absolute atomic E-state index is 2.26. The van der Waals surface area contributed by atoms with E-state index in [0.29, 0.717) is 0 Å². The third-order valence-electron chi connectivity index (χ3n) is 2.05. The van der Waals surface area contributed by atoms with Gasteiger partial charge >= 0.3 is 0 Å². The molecule has 0 aliphatic rings. The first-order valence-corrected chi connectivity index (χ1v) is 5.36. The summed E-state index contributed by atoms with van der Waals surface area (Å²) < 4.78 is 0. The van der Waals surface area contributed by atoms with Crippen LogP contribution in [0.4, 0.5) is 0 Å². The molecule has 0 fully saturated rings. The maximum Gasteiger partial charge on any atom is -0.0202 e. The normalized spacial score (nSPS) is 11.2. The third-order valence-corrected chi connectivity index (χ3v) is 2.05. The number of hydrogen-bond acceptors (Lipinski definition) is 0. The molecular weight excluding hydrogens is 144 g/mol.